The maximum atomic E-state index is 13.3. The Morgan fingerprint density at radius 3 is 2.06 bits per heavy atom. The molecule has 1 aliphatic carbocycles. The summed E-state index contributed by atoms with van der Waals surface area (Å²) in [6.45, 7) is 13.3. The number of rotatable bonds is 29. The van der Waals surface area contributed by atoms with Gasteiger partial charge >= 0.3 is 0 Å². The number of nitrogens with one attached hydrogen (secondary N) is 4. The standard InChI is InChI=1S/C50H63ClN8O12/c1-49(2)47(50(3,4)48(49)71-36-15-12-34(31-52)37(51)30-36)56-44(62)33-10-13-35(14-11-33)70-29-28-69-27-26-68-25-24-67-23-22-66-21-20-65-19-6-5-18-53-42(61)32-54-38-8-7-9-39-43(38)46(64)59(58-57-39)40-16-17-41(60)55-45(40)63/h7-15,30,40,47-48,54H,5-6,16-29,32H2,1-4H3,(H,53,61)(H,56,62)(H,55,60,63)/t40?,47-,48-. The third-order valence-corrected chi connectivity index (χ3v) is 12.5. The lowest BCUT2D eigenvalue weighted by atomic mass is 9.49. The van der Waals surface area contributed by atoms with Crippen molar-refractivity contribution < 1.29 is 52.3 Å². The van der Waals surface area contributed by atoms with Gasteiger partial charge in [-0.05, 0) is 67.8 Å². The van der Waals surface area contributed by atoms with E-state index < -0.39 is 23.4 Å². The summed E-state index contributed by atoms with van der Waals surface area (Å²) in [6, 6.07) is 17.9. The first-order valence-corrected chi connectivity index (χ1v) is 24.1. The molecule has 4 aromatic rings. The molecule has 1 atom stereocenters. The van der Waals surface area contributed by atoms with Crippen LogP contribution in [0.5, 0.6) is 11.5 Å². The maximum Gasteiger partial charge on any atom is 0.280 e. The molecule has 2 aliphatic rings. The van der Waals surface area contributed by atoms with E-state index in [2.05, 4.69) is 65.3 Å². The first-order valence-electron chi connectivity index (χ1n) is 23.7. The van der Waals surface area contributed by atoms with E-state index in [1.54, 1.807) is 60.7 Å². The number of ether oxygens (including phenoxy) is 7. The zero-order valence-electron chi connectivity index (χ0n) is 40.6. The highest BCUT2D eigenvalue weighted by Gasteiger charge is 2.64. The van der Waals surface area contributed by atoms with Crippen molar-refractivity contribution in [3.05, 3.63) is 87.2 Å². The quantitative estimate of drug-likeness (QED) is 0.0435. The Morgan fingerprint density at radius 1 is 0.817 bits per heavy atom. The fourth-order valence-corrected chi connectivity index (χ4v) is 9.09. The fourth-order valence-electron chi connectivity index (χ4n) is 8.87. The van der Waals surface area contributed by atoms with Crippen molar-refractivity contribution in [2.45, 2.75) is 71.6 Å². The Labute approximate surface area is 417 Å². The molecule has 0 radical (unpaired) electrons. The van der Waals surface area contributed by atoms with Gasteiger partial charge in [0.1, 0.15) is 41.8 Å². The number of unbranched alkanes of at least 4 members (excludes halogenated alkanes) is 1. The number of halogens is 1. The van der Waals surface area contributed by atoms with Crippen molar-refractivity contribution in [3.8, 4) is 17.6 Å². The number of piperidine rings is 1. The topological polar surface area (TPSA) is 253 Å². The molecule has 1 aliphatic heterocycles. The van der Waals surface area contributed by atoms with Crippen molar-refractivity contribution in [2.24, 2.45) is 10.8 Å². The van der Waals surface area contributed by atoms with Gasteiger partial charge in [0.25, 0.3) is 17.4 Å². The summed E-state index contributed by atoms with van der Waals surface area (Å²) in [5, 5.41) is 29.0. The number of imide groups is 1. The van der Waals surface area contributed by atoms with Gasteiger partial charge in [-0.25, -0.2) is 0 Å². The molecule has 1 unspecified atom stereocenters. The van der Waals surface area contributed by atoms with Crippen LogP contribution < -0.4 is 36.3 Å². The second kappa shape index (κ2) is 26.3. The molecule has 0 bridgehead atoms. The van der Waals surface area contributed by atoms with Crippen LogP contribution in [0.15, 0.2) is 65.5 Å². The highest BCUT2D eigenvalue weighted by Crippen LogP contribution is 2.55. The Balaban J connectivity index is 0.707. The summed E-state index contributed by atoms with van der Waals surface area (Å²) in [5.41, 5.74) is 0.303. The van der Waals surface area contributed by atoms with Crippen LogP contribution >= 0.6 is 11.6 Å². The Kier molecular flexibility index (Phi) is 20.0. The van der Waals surface area contributed by atoms with E-state index in [1.807, 2.05) is 0 Å². The van der Waals surface area contributed by atoms with E-state index in [0.717, 1.165) is 11.1 Å². The summed E-state index contributed by atoms with van der Waals surface area (Å²) in [7, 11) is 0. The number of anilines is 1. The van der Waals surface area contributed by atoms with E-state index in [-0.39, 0.29) is 59.6 Å². The lowest BCUT2D eigenvalue weighted by Crippen LogP contribution is -2.74. The van der Waals surface area contributed by atoms with E-state index in [4.69, 9.17) is 44.8 Å². The molecule has 4 amide bonds. The molecule has 2 heterocycles. The Morgan fingerprint density at radius 2 is 1.44 bits per heavy atom. The molecule has 1 saturated heterocycles. The molecule has 20 nitrogen and oxygen atoms in total. The normalized spacial score (nSPS) is 17.9. The van der Waals surface area contributed by atoms with Crippen LogP contribution in [-0.4, -0.2) is 137 Å². The van der Waals surface area contributed by atoms with Crippen molar-refractivity contribution in [2.75, 3.05) is 91.1 Å². The van der Waals surface area contributed by atoms with Gasteiger partial charge in [0.05, 0.1) is 82.0 Å². The van der Waals surface area contributed by atoms with Gasteiger partial charge in [0.15, 0.2) is 0 Å². The average Bonchev–Trinajstić information content (AvgIpc) is 3.35. The number of aromatic nitrogens is 3. The highest BCUT2D eigenvalue weighted by atomic mass is 35.5. The molecule has 71 heavy (non-hydrogen) atoms. The molecule has 1 aromatic heterocycles. The second-order valence-corrected chi connectivity index (χ2v) is 18.6. The van der Waals surface area contributed by atoms with Gasteiger partial charge < -0.3 is 49.1 Å². The first-order chi connectivity index (χ1) is 34.2. The number of nitrogens with zero attached hydrogens (tertiary/aromatic N) is 4. The van der Waals surface area contributed by atoms with Crippen LogP contribution in [-0.2, 0) is 38.1 Å². The molecular weight excluding hydrogens is 940 g/mol. The second-order valence-electron chi connectivity index (χ2n) is 18.2. The van der Waals surface area contributed by atoms with E-state index in [0.29, 0.717) is 124 Å². The Bertz CT molecular complexity index is 2530. The van der Waals surface area contributed by atoms with Crippen LogP contribution in [0.25, 0.3) is 10.9 Å². The highest BCUT2D eigenvalue weighted by molar-refractivity contribution is 6.31. The monoisotopic (exact) mass is 1000 g/mol. The predicted molar refractivity (Wildman–Crippen MR) is 261 cm³/mol. The lowest BCUT2D eigenvalue weighted by molar-refractivity contribution is -0.164. The van der Waals surface area contributed by atoms with Gasteiger partial charge in [0, 0.05) is 53.8 Å². The third-order valence-electron chi connectivity index (χ3n) is 12.2. The molecule has 382 valence electrons. The summed E-state index contributed by atoms with van der Waals surface area (Å²) >= 11 is 6.22. The zero-order valence-corrected chi connectivity index (χ0v) is 41.3. The zero-order chi connectivity index (χ0) is 50.8. The minimum Gasteiger partial charge on any atom is -0.491 e. The number of carbonyl (C=O) groups is 4. The SMILES string of the molecule is CC1(C)[C@H](NC(=O)c2ccc(OCCOCCOCCOCCOCCOCCCCNC(=O)CNc3cccc4nnn(C5CCC(=O)NC5=O)c(=O)c34)cc2)C(C)(C)[C@H]1Oc1ccc(C#N)c(Cl)c1. The van der Waals surface area contributed by atoms with Gasteiger partial charge in [-0.2, -0.15) is 9.94 Å². The van der Waals surface area contributed by atoms with E-state index >= 15 is 0 Å². The molecule has 1 saturated carbocycles. The maximum absolute atomic E-state index is 13.3. The summed E-state index contributed by atoms with van der Waals surface area (Å²) in [5.74, 6) is -0.248. The number of fused-ring (bicyclic) bond motifs is 1. The summed E-state index contributed by atoms with van der Waals surface area (Å²) in [6.07, 6.45) is 1.48. The van der Waals surface area contributed by atoms with Gasteiger partial charge in [-0.1, -0.05) is 50.6 Å². The number of benzene rings is 3. The van der Waals surface area contributed by atoms with Crippen LogP contribution in [0.4, 0.5) is 5.69 Å². The van der Waals surface area contributed by atoms with E-state index in [1.165, 1.54) is 0 Å². The third kappa shape index (κ3) is 14.9. The molecule has 4 N–H and O–H groups in total. The van der Waals surface area contributed by atoms with Crippen LogP contribution in [0.2, 0.25) is 5.02 Å². The smallest absolute Gasteiger partial charge is 0.280 e. The average molecular weight is 1000 g/mol. The van der Waals surface area contributed by atoms with Crippen molar-refractivity contribution in [1.82, 2.24) is 30.9 Å². The number of amides is 4. The summed E-state index contributed by atoms with van der Waals surface area (Å²) in [4.78, 5) is 62.9. The van der Waals surface area contributed by atoms with Crippen molar-refractivity contribution in [3.63, 3.8) is 0 Å². The van der Waals surface area contributed by atoms with Gasteiger partial charge in [0.2, 0.25) is 11.8 Å². The Hall–Kier alpha value is -6.21. The molecule has 3 aromatic carbocycles. The minimum absolute atomic E-state index is 0.0821. The van der Waals surface area contributed by atoms with E-state index in [9.17, 15) is 29.2 Å². The van der Waals surface area contributed by atoms with Crippen molar-refractivity contribution in [1.29, 1.82) is 5.26 Å². The summed E-state index contributed by atoms with van der Waals surface area (Å²) < 4.78 is 41.0. The first kappa shape index (κ1) is 54.1. The van der Waals surface area contributed by atoms with Gasteiger partial charge in [-0.15, -0.1) is 5.10 Å². The molecule has 0 spiro atoms. The van der Waals surface area contributed by atoms with Gasteiger partial charge in [-0.3, -0.25) is 29.3 Å². The molecule has 21 heteroatoms. The lowest BCUT2D eigenvalue weighted by Gasteiger charge is -2.63. The fraction of sp³-hybridized carbons (Fsp3) is 0.520. The molecule has 6 rings (SSSR count). The number of carbonyl (C=O) groups excluding carboxylic acids is 4. The van der Waals surface area contributed by atoms with Crippen LogP contribution in [0.3, 0.4) is 0 Å². The largest absolute Gasteiger partial charge is 0.491 e. The molecule has 2 fully saturated rings. The number of nitriles is 1. The van der Waals surface area contributed by atoms with Crippen LogP contribution in [0.1, 0.15) is 75.3 Å². The van der Waals surface area contributed by atoms with Crippen molar-refractivity contribution >= 4 is 51.8 Å². The predicted octanol–water partition coefficient (Wildman–Crippen LogP) is 4.38. The van der Waals surface area contributed by atoms with Crippen LogP contribution in [0, 0.1) is 22.2 Å². The molecular formula is C50H63ClN8O12. The minimum atomic E-state index is -0.949. The number of hydrogen-bond acceptors (Lipinski definition) is 16. The number of hydrogen-bond donors (Lipinski definition) is 4.